The molecule has 0 saturated heterocycles. The number of aromatic nitrogens is 4. The van der Waals surface area contributed by atoms with Crippen molar-refractivity contribution in [3.63, 3.8) is 0 Å². The molecule has 3 N–H and O–H groups in total. The van der Waals surface area contributed by atoms with Gasteiger partial charge in [-0.25, -0.2) is 9.50 Å². The number of hydrogen-bond donors (Lipinski definition) is 2. The Balaban J connectivity index is 1.61. The Hall–Kier alpha value is -3.09. The number of nitrogens with two attached hydrogens (primary N) is 1. The van der Waals surface area contributed by atoms with Gasteiger partial charge in [-0.15, -0.1) is 0 Å². The number of aliphatic hydroxyl groups is 1. The molecule has 1 aliphatic rings. The van der Waals surface area contributed by atoms with Crippen LogP contribution in [0.25, 0.3) is 28.2 Å². The maximum absolute atomic E-state index is 10.1. The minimum Gasteiger partial charge on any atom is -0.390 e. The smallest absolute Gasteiger partial charge is 0.252 e. The van der Waals surface area contributed by atoms with Crippen molar-refractivity contribution < 1.29 is 5.11 Å². The Bertz CT molecular complexity index is 1190. The van der Waals surface area contributed by atoms with E-state index in [0.29, 0.717) is 24.4 Å². The zero-order chi connectivity index (χ0) is 20.2. The highest BCUT2D eigenvalue weighted by Gasteiger charge is 2.49. The molecule has 4 aromatic rings. The summed E-state index contributed by atoms with van der Waals surface area (Å²) >= 11 is 0. The van der Waals surface area contributed by atoms with Gasteiger partial charge in [-0.05, 0) is 37.8 Å². The number of benzene rings is 2. The topological polar surface area (TPSA) is 89.3 Å². The highest BCUT2D eigenvalue weighted by atomic mass is 16.3. The third-order valence-corrected chi connectivity index (χ3v) is 5.65. The second-order valence-electron chi connectivity index (χ2n) is 8.36. The standard InChI is InChI=1S/C23H23N5O/c1-15-25-21-26-20(19(12-28(21)27-15)16-6-4-3-5-7-16)17-8-10-18(11-9-17)23(24)13-22(2,29)14-23/h3-12,29H,13-14,24H2,1-2H3. The Morgan fingerprint density at radius 2 is 1.66 bits per heavy atom. The summed E-state index contributed by atoms with van der Waals surface area (Å²) in [7, 11) is 0. The first-order valence-corrected chi connectivity index (χ1v) is 9.75. The van der Waals surface area contributed by atoms with Crippen molar-refractivity contribution in [3.05, 3.63) is 72.2 Å². The number of aryl methyl sites for hydroxylation is 1. The minimum atomic E-state index is -0.675. The minimum absolute atomic E-state index is 0.466. The van der Waals surface area contributed by atoms with E-state index in [1.54, 1.807) is 4.52 Å². The van der Waals surface area contributed by atoms with Crippen LogP contribution in [-0.2, 0) is 5.54 Å². The van der Waals surface area contributed by atoms with E-state index in [4.69, 9.17) is 10.7 Å². The van der Waals surface area contributed by atoms with Crippen molar-refractivity contribution in [2.75, 3.05) is 0 Å². The van der Waals surface area contributed by atoms with Crippen molar-refractivity contribution in [1.82, 2.24) is 19.6 Å². The van der Waals surface area contributed by atoms with Gasteiger partial charge in [0, 0.05) is 22.9 Å². The van der Waals surface area contributed by atoms with Gasteiger partial charge in [0.25, 0.3) is 5.78 Å². The molecule has 0 aliphatic heterocycles. The summed E-state index contributed by atoms with van der Waals surface area (Å²) in [5.74, 6) is 1.26. The van der Waals surface area contributed by atoms with Crippen LogP contribution >= 0.6 is 0 Å². The van der Waals surface area contributed by atoms with Crippen LogP contribution in [-0.4, -0.2) is 30.3 Å². The van der Waals surface area contributed by atoms with E-state index in [2.05, 4.69) is 22.2 Å². The quantitative estimate of drug-likeness (QED) is 0.564. The van der Waals surface area contributed by atoms with E-state index >= 15 is 0 Å². The fraction of sp³-hybridized carbons (Fsp3) is 0.261. The van der Waals surface area contributed by atoms with E-state index in [1.165, 1.54) is 0 Å². The molecule has 6 nitrogen and oxygen atoms in total. The summed E-state index contributed by atoms with van der Waals surface area (Å²) < 4.78 is 1.72. The molecule has 0 amide bonds. The molecule has 1 aliphatic carbocycles. The van der Waals surface area contributed by atoms with Crippen molar-refractivity contribution >= 4 is 5.78 Å². The van der Waals surface area contributed by atoms with Crippen LogP contribution in [0.1, 0.15) is 31.2 Å². The highest BCUT2D eigenvalue weighted by molar-refractivity contribution is 5.81. The van der Waals surface area contributed by atoms with Gasteiger partial charge in [0.2, 0.25) is 0 Å². The fourth-order valence-corrected chi connectivity index (χ4v) is 4.45. The third kappa shape index (κ3) is 3.10. The molecule has 1 saturated carbocycles. The predicted octanol–water partition coefficient (Wildman–Crippen LogP) is 3.47. The van der Waals surface area contributed by atoms with Crippen molar-refractivity contribution in [2.45, 2.75) is 37.8 Å². The third-order valence-electron chi connectivity index (χ3n) is 5.65. The van der Waals surface area contributed by atoms with Gasteiger partial charge in [-0.2, -0.15) is 10.1 Å². The maximum atomic E-state index is 10.1. The van der Waals surface area contributed by atoms with E-state index in [0.717, 1.165) is 27.9 Å². The Morgan fingerprint density at radius 3 is 2.31 bits per heavy atom. The molecule has 2 aromatic heterocycles. The first-order valence-electron chi connectivity index (χ1n) is 9.75. The van der Waals surface area contributed by atoms with E-state index in [9.17, 15) is 5.11 Å². The molecule has 6 heteroatoms. The van der Waals surface area contributed by atoms with Gasteiger partial charge in [0.1, 0.15) is 5.82 Å². The van der Waals surface area contributed by atoms with Crippen molar-refractivity contribution in [2.24, 2.45) is 5.73 Å². The summed E-state index contributed by atoms with van der Waals surface area (Å²) in [4.78, 5) is 9.23. The van der Waals surface area contributed by atoms with Gasteiger partial charge >= 0.3 is 0 Å². The molecule has 0 spiro atoms. The van der Waals surface area contributed by atoms with Crippen LogP contribution in [0.4, 0.5) is 0 Å². The molecule has 0 unspecified atom stereocenters. The fourth-order valence-electron chi connectivity index (χ4n) is 4.45. The SMILES string of the molecule is Cc1nc2nc(-c3ccc(C4(N)CC(C)(O)C4)cc3)c(-c3ccccc3)cn2n1. The molecule has 0 atom stereocenters. The van der Waals surface area contributed by atoms with E-state index < -0.39 is 11.1 Å². The van der Waals surface area contributed by atoms with Crippen molar-refractivity contribution in [1.29, 1.82) is 0 Å². The molecule has 1 fully saturated rings. The molecule has 0 bridgehead atoms. The zero-order valence-electron chi connectivity index (χ0n) is 16.5. The molecule has 2 heterocycles. The second-order valence-corrected chi connectivity index (χ2v) is 8.36. The molecule has 29 heavy (non-hydrogen) atoms. The molecule has 5 rings (SSSR count). The molecule has 2 aromatic carbocycles. The molecular weight excluding hydrogens is 362 g/mol. The number of nitrogens with zero attached hydrogens (tertiary/aromatic N) is 4. The average molecular weight is 385 g/mol. The van der Waals surface area contributed by atoms with Crippen LogP contribution < -0.4 is 5.73 Å². The van der Waals surface area contributed by atoms with Gasteiger partial charge in [0.05, 0.1) is 11.3 Å². The Kier molecular flexibility index (Phi) is 3.84. The second kappa shape index (κ2) is 6.20. The lowest BCUT2D eigenvalue weighted by molar-refractivity contribution is -0.0738. The summed E-state index contributed by atoms with van der Waals surface area (Å²) in [5, 5.41) is 14.5. The Morgan fingerprint density at radius 1 is 0.966 bits per heavy atom. The molecular formula is C23H23N5O. The molecule has 0 radical (unpaired) electrons. The summed E-state index contributed by atoms with van der Waals surface area (Å²) in [6, 6.07) is 18.3. The average Bonchev–Trinajstić information content (AvgIpc) is 3.05. The number of rotatable bonds is 3. The zero-order valence-corrected chi connectivity index (χ0v) is 16.5. The van der Waals surface area contributed by atoms with E-state index in [1.807, 2.05) is 62.5 Å². The molecule has 146 valence electrons. The van der Waals surface area contributed by atoms with Gasteiger partial charge in [-0.1, -0.05) is 54.6 Å². The van der Waals surface area contributed by atoms with E-state index in [-0.39, 0.29) is 0 Å². The monoisotopic (exact) mass is 385 g/mol. The number of fused-ring (bicyclic) bond motifs is 1. The van der Waals surface area contributed by atoms with Crippen molar-refractivity contribution in [3.8, 4) is 22.4 Å². The summed E-state index contributed by atoms with van der Waals surface area (Å²) in [6.07, 6.45) is 3.12. The van der Waals surface area contributed by atoms with Crippen LogP contribution in [0.2, 0.25) is 0 Å². The summed E-state index contributed by atoms with van der Waals surface area (Å²) in [6.45, 7) is 3.69. The largest absolute Gasteiger partial charge is 0.390 e. The van der Waals surface area contributed by atoms with Gasteiger partial charge in [0.15, 0.2) is 0 Å². The lowest BCUT2D eigenvalue weighted by Crippen LogP contribution is -2.58. The van der Waals surface area contributed by atoms with Crippen LogP contribution in [0.15, 0.2) is 60.8 Å². The van der Waals surface area contributed by atoms with Crippen LogP contribution in [0.5, 0.6) is 0 Å². The summed E-state index contributed by atoms with van der Waals surface area (Å²) in [5.41, 5.74) is 10.3. The number of hydrogen-bond acceptors (Lipinski definition) is 5. The predicted molar refractivity (Wildman–Crippen MR) is 112 cm³/mol. The lowest BCUT2D eigenvalue weighted by Gasteiger charge is -2.49. The normalized spacial score (nSPS) is 23.9. The van der Waals surface area contributed by atoms with Crippen LogP contribution in [0, 0.1) is 6.92 Å². The lowest BCUT2D eigenvalue weighted by atomic mass is 9.63. The van der Waals surface area contributed by atoms with Crippen LogP contribution in [0.3, 0.4) is 0 Å². The first kappa shape index (κ1) is 18.0. The first-order chi connectivity index (χ1) is 13.8. The van der Waals surface area contributed by atoms with Gasteiger partial charge < -0.3 is 10.8 Å². The highest BCUT2D eigenvalue weighted by Crippen LogP contribution is 2.46. The van der Waals surface area contributed by atoms with Gasteiger partial charge in [-0.3, -0.25) is 0 Å². The Labute approximate surface area is 169 Å². The maximum Gasteiger partial charge on any atom is 0.252 e.